The summed E-state index contributed by atoms with van der Waals surface area (Å²) in [5.74, 6) is 2.00. The summed E-state index contributed by atoms with van der Waals surface area (Å²) in [6.07, 6.45) is 5.60. The summed E-state index contributed by atoms with van der Waals surface area (Å²) in [5.41, 5.74) is 11.7. The SMILES string of the molecule is COCCCn1c([C@@H]2CCCN(C(=O)C[C@H](N)Cc3ccc(-c4cccnc4OC)cc3)C2)nc2ccccc21. The molecule has 1 saturated heterocycles. The summed E-state index contributed by atoms with van der Waals surface area (Å²) in [6.45, 7) is 3.01. The lowest BCUT2D eigenvalue weighted by atomic mass is 9.95. The molecule has 0 aliphatic carbocycles. The molecule has 1 aliphatic heterocycles. The van der Waals surface area contributed by atoms with Crippen molar-refractivity contribution in [2.45, 2.75) is 50.6 Å². The van der Waals surface area contributed by atoms with Crippen molar-refractivity contribution >= 4 is 16.9 Å². The minimum Gasteiger partial charge on any atom is -0.481 e. The van der Waals surface area contributed by atoms with E-state index in [4.69, 9.17) is 20.2 Å². The molecule has 40 heavy (non-hydrogen) atoms. The van der Waals surface area contributed by atoms with E-state index in [2.05, 4.69) is 52.0 Å². The lowest BCUT2D eigenvalue weighted by molar-refractivity contribution is -0.132. The van der Waals surface area contributed by atoms with Gasteiger partial charge in [-0.2, -0.15) is 0 Å². The maximum Gasteiger partial charge on any atom is 0.224 e. The van der Waals surface area contributed by atoms with Crippen molar-refractivity contribution in [2.24, 2.45) is 5.73 Å². The molecule has 1 aliphatic rings. The van der Waals surface area contributed by atoms with Crippen LogP contribution in [0.3, 0.4) is 0 Å². The highest BCUT2D eigenvalue weighted by atomic mass is 16.5. The molecular weight excluding hydrogens is 502 g/mol. The third-order valence-corrected chi connectivity index (χ3v) is 7.72. The van der Waals surface area contributed by atoms with Crippen molar-refractivity contribution in [1.82, 2.24) is 19.4 Å². The summed E-state index contributed by atoms with van der Waals surface area (Å²) in [5, 5.41) is 0. The Morgan fingerprint density at radius 3 is 2.73 bits per heavy atom. The molecule has 4 aromatic rings. The number of carbonyl (C=O) groups is 1. The standard InChI is InChI=1S/C32H39N5O3/c1-39-19-7-18-37-29-11-4-3-10-28(29)35-31(37)25-8-6-17-36(22-25)30(38)21-26(33)20-23-12-14-24(15-13-23)27-9-5-16-34-32(27)40-2/h3-5,9-16,25-26H,6-8,17-22,33H2,1-2H3/t25-,26-/m1/s1. The van der Waals surface area contributed by atoms with Crippen LogP contribution >= 0.6 is 0 Å². The molecule has 8 nitrogen and oxygen atoms in total. The maximum atomic E-state index is 13.3. The summed E-state index contributed by atoms with van der Waals surface area (Å²) >= 11 is 0. The molecule has 1 fully saturated rings. The Morgan fingerprint density at radius 1 is 1.10 bits per heavy atom. The molecule has 0 spiro atoms. The minimum absolute atomic E-state index is 0.121. The molecule has 0 radical (unpaired) electrons. The first-order valence-corrected chi connectivity index (χ1v) is 14.1. The van der Waals surface area contributed by atoms with E-state index >= 15 is 0 Å². The van der Waals surface area contributed by atoms with Gasteiger partial charge in [0.05, 0.1) is 18.1 Å². The van der Waals surface area contributed by atoms with E-state index in [-0.39, 0.29) is 17.9 Å². The van der Waals surface area contributed by atoms with Crippen LogP contribution in [0.1, 0.15) is 43.0 Å². The fourth-order valence-corrected chi connectivity index (χ4v) is 5.74. The molecule has 0 unspecified atom stereocenters. The minimum atomic E-state index is -0.245. The van der Waals surface area contributed by atoms with Gasteiger partial charge in [0.1, 0.15) is 5.82 Å². The van der Waals surface area contributed by atoms with Crippen molar-refractivity contribution in [3.63, 3.8) is 0 Å². The Balaban J connectivity index is 1.21. The number of carbonyl (C=O) groups excluding carboxylic acids is 1. The van der Waals surface area contributed by atoms with Gasteiger partial charge >= 0.3 is 0 Å². The molecule has 1 amide bonds. The Kier molecular flexibility index (Phi) is 9.08. The lowest BCUT2D eigenvalue weighted by Gasteiger charge is -2.33. The van der Waals surface area contributed by atoms with E-state index in [1.807, 2.05) is 23.1 Å². The number of hydrogen-bond donors (Lipinski definition) is 1. The maximum absolute atomic E-state index is 13.3. The highest BCUT2D eigenvalue weighted by Crippen LogP contribution is 2.31. The molecule has 2 atom stereocenters. The number of hydrogen-bond acceptors (Lipinski definition) is 6. The van der Waals surface area contributed by atoms with Gasteiger partial charge in [-0.05, 0) is 61.1 Å². The Bertz CT molecular complexity index is 1420. The molecule has 2 aromatic heterocycles. The first-order chi connectivity index (χ1) is 19.6. The summed E-state index contributed by atoms with van der Waals surface area (Å²) < 4.78 is 13.0. The number of fused-ring (bicyclic) bond motifs is 1. The molecule has 5 rings (SSSR count). The van der Waals surface area contributed by atoms with E-state index in [9.17, 15) is 4.79 Å². The zero-order chi connectivity index (χ0) is 27.9. The van der Waals surface area contributed by atoms with Gasteiger partial charge in [0.2, 0.25) is 11.8 Å². The first-order valence-electron chi connectivity index (χ1n) is 14.1. The number of ether oxygens (including phenoxy) is 2. The lowest BCUT2D eigenvalue weighted by Crippen LogP contribution is -2.42. The van der Waals surface area contributed by atoms with Gasteiger partial charge < -0.3 is 24.7 Å². The third-order valence-electron chi connectivity index (χ3n) is 7.72. The second kappa shape index (κ2) is 13.1. The molecule has 0 bridgehead atoms. The Morgan fingerprint density at radius 2 is 1.93 bits per heavy atom. The van der Waals surface area contributed by atoms with Gasteiger partial charge in [-0.15, -0.1) is 0 Å². The number of piperidine rings is 1. The van der Waals surface area contributed by atoms with Crippen LogP contribution < -0.4 is 10.5 Å². The van der Waals surface area contributed by atoms with Gasteiger partial charge in [0.15, 0.2) is 0 Å². The van der Waals surface area contributed by atoms with Crippen LogP contribution in [-0.2, 0) is 22.5 Å². The Labute approximate surface area is 236 Å². The number of methoxy groups -OCH3 is 2. The molecule has 8 heteroatoms. The van der Waals surface area contributed by atoms with Crippen molar-refractivity contribution in [3.8, 4) is 17.0 Å². The van der Waals surface area contributed by atoms with Crippen molar-refractivity contribution in [1.29, 1.82) is 0 Å². The number of imidazole rings is 1. The average molecular weight is 542 g/mol. The topological polar surface area (TPSA) is 95.5 Å². The second-order valence-corrected chi connectivity index (χ2v) is 10.6. The molecule has 3 heterocycles. The predicted molar refractivity (Wildman–Crippen MR) is 157 cm³/mol. The quantitative estimate of drug-likeness (QED) is 0.274. The van der Waals surface area contributed by atoms with Gasteiger partial charge in [-0.1, -0.05) is 36.4 Å². The molecule has 2 N–H and O–H groups in total. The van der Waals surface area contributed by atoms with Crippen LogP contribution in [0.25, 0.3) is 22.2 Å². The smallest absolute Gasteiger partial charge is 0.224 e. The van der Waals surface area contributed by atoms with Crippen molar-refractivity contribution < 1.29 is 14.3 Å². The van der Waals surface area contributed by atoms with Crippen LogP contribution in [0.4, 0.5) is 0 Å². The number of amides is 1. The predicted octanol–water partition coefficient (Wildman–Crippen LogP) is 4.81. The van der Waals surface area contributed by atoms with Crippen molar-refractivity contribution in [2.75, 3.05) is 33.9 Å². The molecule has 210 valence electrons. The largest absolute Gasteiger partial charge is 0.481 e. The van der Waals surface area contributed by atoms with Crippen LogP contribution in [0, 0.1) is 0 Å². The van der Waals surface area contributed by atoms with Crippen LogP contribution in [0.2, 0.25) is 0 Å². The number of nitrogens with two attached hydrogens (primary N) is 1. The number of para-hydroxylation sites is 2. The van der Waals surface area contributed by atoms with Gasteiger partial charge in [0, 0.05) is 63.5 Å². The summed E-state index contributed by atoms with van der Waals surface area (Å²) in [7, 11) is 3.36. The van der Waals surface area contributed by atoms with Gasteiger partial charge in [-0.25, -0.2) is 9.97 Å². The van der Waals surface area contributed by atoms with Gasteiger partial charge in [-0.3, -0.25) is 4.79 Å². The van der Waals surface area contributed by atoms with Crippen LogP contribution in [0.15, 0.2) is 66.9 Å². The number of likely N-dealkylation sites (tertiary alicyclic amines) is 1. The average Bonchev–Trinajstić information content (AvgIpc) is 3.36. The Hall–Kier alpha value is -3.75. The van der Waals surface area contributed by atoms with E-state index in [0.29, 0.717) is 31.9 Å². The zero-order valence-electron chi connectivity index (χ0n) is 23.5. The van der Waals surface area contributed by atoms with Crippen LogP contribution in [-0.4, -0.2) is 65.3 Å². The number of aryl methyl sites for hydroxylation is 1. The highest BCUT2D eigenvalue weighted by molar-refractivity contribution is 5.78. The fraction of sp³-hybridized carbons (Fsp3) is 0.406. The monoisotopic (exact) mass is 541 g/mol. The van der Waals surface area contributed by atoms with Crippen molar-refractivity contribution in [3.05, 3.63) is 78.2 Å². The molecular formula is C32H39N5O3. The second-order valence-electron chi connectivity index (χ2n) is 10.6. The van der Waals surface area contributed by atoms with Crippen LogP contribution in [0.5, 0.6) is 5.88 Å². The number of rotatable bonds is 11. The molecule has 0 saturated carbocycles. The summed E-state index contributed by atoms with van der Waals surface area (Å²) in [4.78, 5) is 24.6. The highest BCUT2D eigenvalue weighted by Gasteiger charge is 2.29. The number of nitrogens with zero attached hydrogens (tertiary/aromatic N) is 4. The number of aromatic nitrogens is 3. The van der Waals surface area contributed by atoms with E-state index in [1.165, 1.54) is 0 Å². The van der Waals surface area contributed by atoms with E-state index in [0.717, 1.165) is 65.9 Å². The summed E-state index contributed by atoms with van der Waals surface area (Å²) in [6, 6.07) is 20.2. The van der Waals surface area contributed by atoms with Gasteiger partial charge in [0.25, 0.3) is 0 Å². The normalized spacial score (nSPS) is 16.3. The fourth-order valence-electron chi connectivity index (χ4n) is 5.74. The zero-order valence-corrected chi connectivity index (χ0v) is 23.5. The number of benzene rings is 2. The number of pyridine rings is 1. The van der Waals surface area contributed by atoms with E-state index in [1.54, 1.807) is 20.4 Å². The first kappa shape index (κ1) is 27.8. The van der Waals surface area contributed by atoms with E-state index < -0.39 is 0 Å². The molecule has 2 aromatic carbocycles. The third kappa shape index (κ3) is 6.35.